The minimum Gasteiger partial charge on any atom is -0.373 e. The van der Waals surface area contributed by atoms with Crippen molar-refractivity contribution in [3.05, 3.63) is 84.7 Å². The molecule has 0 radical (unpaired) electrons. The number of benzene rings is 2. The summed E-state index contributed by atoms with van der Waals surface area (Å²) >= 11 is 0. The number of hydrogen-bond acceptors (Lipinski definition) is 4. The number of aromatic nitrogens is 2. The third kappa shape index (κ3) is 3.22. The van der Waals surface area contributed by atoms with Crippen LogP contribution in [0, 0.1) is 0 Å². The summed E-state index contributed by atoms with van der Waals surface area (Å²) in [5.41, 5.74) is 3.47. The average Bonchev–Trinajstić information content (AvgIpc) is 2.72. The van der Waals surface area contributed by atoms with Crippen molar-refractivity contribution in [1.82, 2.24) is 9.97 Å². The van der Waals surface area contributed by atoms with Crippen LogP contribution in [0.25, 0.3) is 21.9 Å². The van der Waals surface area contributed by atoms with Gasteiger partial charge in [0.1, 0.15) is 11.6 Å². The van der Waals surface area contributed by atoms with Gasteiger partial charge in [0.15, 0.2) is 0 Å². The first-order valence-corrected chi connectivity index (χ1v) is 8.65. The summed E-state index contributed by atoms with van der Waals surface area (Å²) in [6.07, 6.45) is 3.80. The van der Waals surface area contributed by atoms with Crippen molar-refractivity contribution in [2.75, 3.05) is 17.7 Å². The molecule has 2 N–H and O–H groups in total. The molecule has 128 valence electrons. The van der Waals surface area contributed by atoms with Crippen molar-refractivity contribution < 1.29 is 0 Å². The zero-order chi connectivity index (χ0) is 17.8. The lowest BCUT2D eigenvalue weighted by molar-refractivity contribution is 1.12. The van der Waals surface area contributed by atoms with Gasteiger partial charge in [-0.2, -0.15) is 0 Å². The number of nitrogens with one attached hydrogen (secondary N) is 2. The Morgan fingerprint density at radius 3 is 2.27 bits per heavy atom. The molecule has 26 heavy (non-hydrogen) atoms. The summed E-state index contributed by atoms with van der Waals surface area (Å²) < 4.78 is 0. The van der Waals surface area contributed by atoms with Crippen LogP contribution >= 0.6 is 0 Å². The van der Waals surface area contributed by atoms with Crippen molar-refractivity contribution in [1.29, 1.82) is 0 Å². The first-order valence-electron chi connectivity index (χ1n) is 8.65. The Labute approximate surface area is 152 Å². The molecule has 2 aromatic heterocycles. The van der Waals surface area contributed by atoms with E-state index in [1.165, 1.54) is 5.56 Å². The van der Waals surface area contributed by atoms with Gasteiger partial charge in [0.2, 0.25) is 0 Å². The number of anilines is 2. The summed E-state index contributed by atoms with van der Waals surface area (Å²) in [5.74, 6) is 1.69. The van der Waals surface area contributed by atoms with Crippen LogP contribution in [0.5, 0.6) is 0 Å². The van der Waals surface area contributed by atoms with Crippen LogP contribution in [-0.2, 0) is 6.54 Å². The Morgan fingerprint density at radius 2 is 1.54 bits per heavy atom. The van der Waals surface area contributed by atoms with Gasteiger partial charge in [-0.3, -0.25) is 0 Å². The number of rotatable bonds is 5. The average molecular weight is 340 g/mol. The second-order valence-corrected chi connectivity index (χ2v) is 6.09. The fraction of sp³-hybridized carbons (Fsp3) is 0.0909. The van der Waals surface area contributed by atoms with Gasteiger partial charge in [0.25, 0.3) is 0 Å². The minimum atomic E-state index is 0.740. The van der Waals surface area contributed by atoms with Crippen molar-refractivity contribution in [2.45, 2.75) is 6.54 Å². The quantitative estimate of drug-likeness (QED) is 0.540. The second kappa shape index (κ2) is 7.23. The van der Waals surface area contributed by atoms with Gasteiger partial charge in [0.05, 0.1) is 0 Å². The van der Waals surface area contributed by atoms with Crippen LogP contribution < -0.4 is 10.6 Å². The predicted octanol–water partition coefficient (Wildman–Crippen LogP) is 4.95. The lowest BCUT2D eigenvalue weighted by atomic mass is 10.0. The van der Waals surface area contributed by atoms with E-state index >= 15 is 0 Å². The standard InChI is InChI=1S/C22H20N4/c1-23-22-20-15-25-21(24-13-16-8-4-2-5-9-16)12-18(20)19(14-26-22)17-10-6-3-7-11-17/h2-12,14-15H,13H2,1H3,(H,23,26)(H,24,25). The monoisotopic (exact) mass is 340 g/mol. The van der Waals surface area contributed by atoms with Gasteiger partial charge in [-0.05, 0) is 22.6 Å². The number of nitrogens with zero attached hydrogens (tertiary/aromatic N) is 2. The van der Waals surface area contributed by atoms with Gasteiger partial charge in [-0.15, -0.1) is 0 Å². The highest BCUT2D eigenvalue weighted by atomic mass is 15.0. The number of hydrogen-bond donors (Lipinski definition) is 2. The molecular formula is C22H20N4. The summed E-state index contributed by atoms with van der Waals surface area (Å²) in [6, 6.07) is 22.7. The van der Waals surface area contributed by atoms with E-state index in [9.17, 15) is 0 Å². The molecule has 0 bridgehead atoms. The molecule has 4 nitrogen and oxygen atoms in total. The van der Waals surface area contributed by atoms with E-state index in [-0.39, 0.29) is 0 Å². The van der Waals surface area contributed by atoms with Gasteiger partial charge in [-0.25, -0.2) is 9.97 Å². The lowest BCUT2D eigenvalue weighted by Crippen LogP contribution is -2.02. The van der Waals surface area contributed by atoms with Gasteiger partial charge in [0, 0.05) is 36.9 Å². The summed E-state index contributed by atoms with van der Waals surface area (Å²) in [6.45, 7) is 0.740. The van der Waals surface area contributed by atoms with Crippen molar-refractivity contribution >= 4 is 22.4 Å². The van der Waals surface area contributed by atoms with Crippen molar-refractivity contribution in [3.8, 4) is 11.1 Å². The zero-order valence-electron chi connectivity index (χ0n) is 14.6. The molecular weight excluding hydrogens is 320 g/mol. The fourth-order valence-electron chi connectivity index (χ4n) is 3.07. The maximum absolute atomic E-state index is 4.57. The van der Waals surface area contributed by atoms with Crippen LogP contribution in [0.15, 0.2) is 79.1 Å². The maximum atomic E-state index is 4.57. The Kier molecular flexibility index (Phi) is 4.48. The normalized spacial score (nSPS) is 10.7. The third-order valence-electron chi connectivity index (χ3n) is 4.41. The molecule has 0 saturated carbocycles. The first-order chi connectivity index (χ1) is 12.8. The SMILES string of the molecule is CNc1ncc(-c2ccccc2)c2cc(NCc3ccccc3)ncc12. The minimum absolute atomic E-state index is 0.740. The van der Waals surface area contributed by atoms with Crippen LogP contribution in [0.3, 0.4) is 0 Å². The first kappa shape index (κ1) is 16.1. The van der Waals surface area contributed by atoms with Crippen molar-refractivity contribution in [3.63, 3.8) is 0 Å². The zero-order valence-corrected chi connectivity index (χ0v) is 14.6. The van der Waals surface area contributed by atoms with Gasteiger partial charge < -0.3 is 10.6 Å². The third-order valence-corrected chi connectivity index (χ3v) is 4.41. The largest absolute Gasteiger partial charge is 0.373 e. The highest BCUT2D eigenvalue weighted by Gasteiger charge is 2.10. The van der Waals surface area contributed by atoms with Crippen LogP contribution in [0.2, 0.25) is 0 Å². The molecule has 2 heterocycles. The predicted molar refractivity (Wildman–Crippen MR) is 108 cm³/mol. The van der Waals surface area contributed by atoms with E-state index in [0.717, 1.165) is 40.1 Å². The molecule has 0 spiro atoms. The highest BCUT2D eigenvalue weighted by molar-refractivity contribution is 6.02. The van der Waals surface area contributed by atoms with E-state index in [0.29, 0.717) is 0 Å². The van der Waals surface area contributed by atoms with Gasteiger partial charge in [-0.1, -0.05) is 60.7 Å². The van der Waals surface area contributed by atoms with E-state index in [1.807, 2.05) is 55.8 Å². The molecule has 0 amide bonds. The van der Waals surface area contributed by atoms with Crippen LogP contribution in [0.1, 0.15) is 5.56 Å². The highest BCUT2D eigenvalue weighted by Crippen LogP contribution is 2.32. The fourth-order valence-corrected chi connectivity index (χ4v) is 3.07. The Balaban J connectivity index is 1.75. The van der Waals surface area contributed by atoms with E-state index in [2.05, 4.69) is 50.9 Å². The smallest absolute Gasteiger partial charge is 0.135 e. The van der Waals surface area contributed by atoms with E-state index in [4.69, 9.17) is 0 Å². The number of fused-ring (bicyclic) bond motifs is 1. The maximum Gasteiger partial charge on any atom is 0.135 e. The molecule has 0 aliphatic heterocycles. The molecule has 4 heteroatoms. The molecule has 0 aliphatic rings. The van der Waals surface area contributed by atoms with E-state index < -0.39 is 0 Å². The molecule has 4 rings (SSSR count). The topological polar surface area (TPSA) is 49.8 Å². The molecule has 2 aromatic carbocycles. The van der Waals surface area contributed by atoms with Crippen molar-refractivity contribution in [2.24, 2.45) is 0 Å². The number of pyridine rings is 2. The molecule has 0 unspecified atom stereocenters. The van der Waals surface area contributed by atoms with E-state index in [1.54, 1.807) is 0 Å². The Bertz CT molecular complexity index is 1010. The molecule has 4 aromatic rings. The second-order valence-electron chi connectivity index (χ2n) is 6.09. The van der Waals surface area contributed by atoms with Crippen LogP contribution in [-0.4, -0.2) is 17.0 Å². The summed E-state index contributed by atoms with van der Waals surface area (Å²) in [5, 5.41) is 8.71. The molecule has 0 fully saturated rings. The summed E-state index contributed by atoms with van der Waals surface area (Å²) in [7, 11) is 1.88. The van der Waals surface area contributed by atoms with Crippen LogP contribution in [0.4, 0.5) is 11.6 Å². The Hall–Kier alpha value is -3.40. The molecule has 0 atom stereocenters. The lowest BCUT2D eigenvalue weighted by Gasteiger charge is -2.12. The Morgan fingerprint density at radius 1 is 0.808 bits per heavy atom. The molecule has 0 saturated heterocycles. The van der Waals surface area contributed by atoms with Gasteiger partial charge >= 0.3 is 0 Å². The summed E-state index contributed by atoms with van der Waals surface area (Å²) in [4.78, 5) is 9.13. The molecule has 0 aliphatic carbocycles.